The molecule has 6 rings (SSSR count). The van der Waals surface area contributed by atoms with Gasteiger partial charge in [0, 0.05) is 55.5 Å². The Morgan fingerprint density at radius 1 is 1.00 bits per heavy atom. The van der Waals surface area contributed by atoms with Crippen LogP contribution in [0.25, 0.3) is 5.57 Å². The molecule has 1 fully saturated rings. The van der Waals surface area contributed by atoms with Crippen LogP contribution in [0.5, 0.6) is 0 Å². The minimum atomic E-state index is -0.181. The van der Waals surface area contributed by atoms with Gasteiger partial charge in [-0.3, -0.25) is 14.7 Å². The zero-order chi connectivity index (χ0) is 29.8. The van der Waals surface area contributed by atoms with Gasteiger partial charge >= 0.3 is 6.03 Å². The predicted octanol–water partition coefficient (Wildman–Crippen LogP) is 4.99. The molecule has 3 aliphatic rings. The molecule has 1 saturated heterocycles. The molecule has 1 aromatic heterocycles. The molecule has 3 aliphatic heterocycles. The molecule has 10 heteroatoms. The van der Waals surface area contributed by atoms with Gasteiger partial charge in [-0.2, -0.15) is 0 Å². The number of carbonyl (C=O) groups is 2. The number of para-hydroxylation sites is 1. The summed E-state index contributed by atoms with van der Waals surface area (Å²) in [5.41, 5.74) is 5.93. The molecule has 0 unspecified atom stereocenters. The van der Waals surface area contributed by atoms with Crippen molar-refractivity contribution in [2.75, 3.05) is 61.5 Å². The van der Waals surface area contributed by atoms with Crippen LogP contribution >= 0.6 is 0 Å². The maximum absolute atomic E-state index is 13.3. The highest BCUT2D eigenvalue weighted by Gasteiger charge is 2.26. The lowest BCUT2D eigenvalue weighted by molar-refractivity contribution is 0.0302. The summed E-state index contributed by atoms with van der Waals surface area (Å²) in [5.74, 6) is 1.44. The van der Waals surface area contributed by atoms with Crippen molar-refractivity contribution in [2.45, 2.75) is 13.8 Å². The van der Waals surface area contributed by atoms with E-state index in [1.165, 1.54) is 0 Å². The van der Waals surface area contributed by atoms with Gasteiger partial charge in [-0.25, -0.2) is 9.78 Å². The first-order chi connectivity index (χ1) is 21.0. The van der Waals surface area contributed by atoms with Gasteiger partial charge in [-0.15, -0.1) is 0 Å². The Hall–Kier alpha value is -4.96. The van der Waals surface area contributed by atoms with E-state index in [1.807, 2.05) is 62.4 Å². The molecule has 0 saturated carbocycles. The van der Waals surface area contributed by atoms with Crippen LogP contribution < -0.4 is 15.5 Å². The van der Waals surface area contributed by atoms with Gasteiger partial charge in [0.2, 0.25) is 0 Å². The van der Waals surface area contributed by atoms with E-state index in [-0.39, 0.29) is 11.9 Å². The first kappa shape index (κ1) is 28.2. The summed E-state index contributed by atoms with van der Waals surface area (Å²) in [4.78, 5) is 41.0. The Labute approximate surface area is 251 Å². The van der Waals surface area contributed by atoms with Crippen LogP contribution in [0.1, 0.15) is 28.4 Å². The number of nitrogens with one attached hydrogen (secondary N) is 2. The average molecular weight is 578 g/mol. The number of amidine groups is 1. The zero-order valence-corrected chi connectivity index (χ0v) is 24.4. The van der Waals surface area contributed by atoms with Crippen LogP contribution in [-0.2, 0) is 4.74 Å². The number of carbonyl (C=O) groups excluding carboxylic acids is 2. The zero-order valence-electron chi connectivity index (χ0n) is 24.4. The standard InChI is InChI=1S/C33H35N7O3/c1-3-40(26-8-5-4-6-9-26)33(42)37-28-11-7-10-27(23(28)2)25-20-29(31-34-14-15-39(31)22-25)36-30-13-12-24(21-35-30)32(41)38-16-18-43-19-17-38/h4-13,20-22H,3,14-19H2,1-2H3,(H,35,36)(H,37,42). The number of pyridine rings is 1. The number of fused-ring (bicyclic) bond motifs is 1. The molecule has 0 bridgehead atoms. The molecule has 220 valence electrons. The molecule has 4 heterocycles. The Morgan fingerprint density at radius 2 is 1.81 bits per heavy atom. The van der Waals surface area contributed by atoms with Crippen molar-refractivity contribution in [1.82, 2.24) is 14.8 Å². The number of aliphatic imine (C=N–C) groups is 1. The molecular formula is C33H35N7O3. The molecule has 3 amide bonds. The molecule has 0 aliphatic carbocycles. The number of urea groups is 1. The van der Waals surface area contributed by atoms with Crippen molar-refractivity contribution < 1.29 is 14.3 Å². The smallest absolute Gasteiger partial charge is 0.326 e. The Kier molecular flexibility index (Phi) is 8.19. The largest absolute Gasteiger partial charge is 0.378 e. The summed E-state index contributed by atoms with van der Waals surface area (Å²) < 4.78 is 5.36. The highest BCUT2D eigenvalue weighted by Crippen LogP contribution is 2.32. The summed E-state index contributed by atoms with van der Waals surface area (Å²) in [7, 11) is 0. The number of allylic oxidation sites excluding steroid dienone is 2. The van der Waals surface area contributed by atoms with Crippen LogP contribution in [0.2, 0.25) is 0 Å². The number of ether oxygens (including phenoxy) is 1. The number of hydrogen-bond acceptors (Lipinski definition) is 7. The van der Waals surface area contributed by atoms with Gasteiger partial charge in [0.1, 0.15) is 5.82 Å². The summed E-state index contributed by atoms with van der Waals surface area (Å²) in [6.45, 7) is 8.28. The quantitative estimate of drug-likeness (QED) is 0.411. The third-order valence-corrected chi connectivity index (χ3v) is 7.80. The van der Waals surface area contributed by atoms with Gasteiger partial charge in [0.05, 0.1) is 31.0 Å². The van der Waals surface area contributed by atoms with Gasteiger partial charge < -0.3 is 25.2 Å². The van der Waals surface area contributed by atoms with Crippen LogP contribution in [0.15, 0.2) is 89.8 Å². The van der Waals surface area contributed by atoms with Crippen LogP contribution in [0.4, 0.5) is 22.0 Å². The third-order valence-electron chi connectivity index (χ3n) is 7.80. The summed E-state index contributed by atoms with van der Waals surface area (Å²) in [6, 6.07) is 19.0. The Bertz CT molecular complexity index is 1590. The van der Waals surface area contributed by atoms with Gasteiger partial charge in [0.15, 0.2) is 5.84 Å². The number of nitrogens with zero attached hydrogens (tertiary/aromatic N) is 5. The molecule has 0 atom stereocenters. The maximum Gasteiger partial charge on any atom is 0.326 e. The highest BCUT2D eigenvalue weighted by molar-refractivity contribution is 6.08. The van der Waals surface area contributed by atoms with E-state index >= 15 is 0 Å². The molecular weight excluding hydrogens is 542 g/mol. The van der Waals surface area contributed by atoms with Gasteiger partial charge in [-0.05, 0) is 61.4 Å². The van der Waals surface area contributed by atoms with Crippen molar-refractivity contribution in [2.24, 2.45) is 4.99 Å². The first-order valence-electron chi connectivity index (χ1n) is 14.6. The average Bonchev–Trinajstić information content (AvgIpc) is 3.53. The minimum Gasteiger partial charge on any atom is -0.378 e. The monoisotopic (exact) mass is 577 g/mol. The fraction of sp³-hybridized carbons (Fsp3) is 0.273. The van der Waals surface area contributed by atoms with E-state index in [2.05, 4.69) is 38.9 Å². The van der Waals surface area contributed by atoms with Gasteiger partial charge in [-0.1, -0.05) is 30.3 Å². The molecule has 0 radical (unpaired) electrons. The second-order valence-electron chi connectivity index (χ2n) is 10.5. The molecule has 10 nitrogen and oxygen atoms in total. The lowest BCUT2D eigenvalue weighted by Gasteiger charge is -2.27. The van der Waals surface area contributed by atoms with Crippen molar-refractivity contribution in [3.05, 3.63) is 102 Å². The Balaban J connectivity index is 1.22. The lowest BCUT2D eigenvalue weighted by Crippen LogP contribution is -2.40. The fourth-order valence-corrected chi connectivity index (χ4v) is 5.49. The van der Waals surface area contributed by atoms with E-state index in [9.17, 15) is 9.59 Å². The third kappa shape index (κ3) is 6.00. The molecule has 43 heavy (non-hydrogen) atoms. The van der Waals surface area contributed by atoms with E-state index in [0.717, 1.165) is 46.2 Å². The molecule has 0 spiro atoms. The normalized spacial score (nSPS) is 16.1. The van der Waals surface area contributed by atoms with Crippen molar-refractivity contribution in [3.8, 4) is 0 Å². The molecule has 2 N–H and O–H groups in total. The molecule has 2 aromatic carbocycles. The van der Waals surface area contributed by atoms with Crippen LogP contribution in [-0.4, -0.2) is 78.5 Å². The number of aromatic nitrogens is 1. The second-order valence-corrected chi connectivity index (χ2v) is 10.5. The van der Waals surface area contributed by atoms with E-state index in [0.29, 0.717) is 50.8 Å². The summed E-state index contributed by atoms with van der Waals surface area (Å²) in [6.07, 6.45) is 5.77. The second kappa shape index (κ2) is 12.5. The summed E-state index contributed by atoms with van der Waals surface area (Å²) in [5, 5.41) is 6.53. The first-order valence-corrected chi connectivity index (χ1v) is 14.6. The van der Waals surface area contributed by atoms with Crippen molar-refractivity contribution >= 4 is 40.5 Å². The lowest BCUT2D eigenvalue weighted by atomic mass is 9.97. The molecule has 3 aromatic rings. The number of benzene rings is 2. The number of hydrogen-bond donors (Lipinski definition) is 2. The van der Waals surface area contributed by atoms with E-state index < -0.39 is 0 Å². The summed E-state index contributed by atoms with van der Waals surface area (Å²) >= 11 is 0. The minimum absolute atomic E-state index is 0.0379. The fourth-order valence-electron chi connectivity index (χ4n) is 5.49. The van der Waals surface area contributed by atoms with E-state index in [4.69, 9.17) is 9.73 Å². The van der Waals surface area contributed by atoms with Gasteiger partial charge in [0.25, 0.3) is 5.91 Å². The Morgan fingerprint density at radius 3 is 2.56 bits per heavy atom. The van der Waals surface area contributed by atoms with E-state index in [1.54, 1.807) is 22.1 Å². The number of rotatable bonds is 7. The highest BCUT2D eigenvalue weighted by atomic mass is 16.5. The topological polar surface area (TPSA) is 102 Å². The number of morpholine rings is 1. The number of amides is 3. The number of anilines is 3. The van der Waals surface area contributed by atoms with Crippen molar-refractivity contribution in [1.29, 1.82) is 0 Å². The van der Waals surface area contributed by atoms with Crippen molar-refractivity contribution in [3.63, 3.8) is 0 Å². The maximum atomic E-state index is 13.3. The predicted molar refractivity (Wildman–Crippen MR) is 169 cm³/mol. The SMILES string of the molecule is CCN(C(=O)Nc1cccc(C2=CN3CCN=C3C(Nc3ccc(C(=O)N4CCOCC4)cn3)=C2)c1C)c1ccccc1. The van der Waals surface area contributed by atoms with Crippen LogP contribution in [0, 0.1) is 6.92 Å². The van der Waals surface area contributed by atoms with Crippen LogP contribution in [0.3, 0.4) is 0 Å².